The molecule has 2 aromatic rings. The number of ether oxygens (including phenoxy) is 4. The van der Waals surface area contributed by atoms with Crippen LogP contribution in [0.4, 0.5) is 5.00 Å². The zero-order valence-corrected chi connectivity index (χ0v) is 20.4. The van der Waals surface area contributed by atoms with Crippen LogP contribution in [-0.4, -0.2) is 44.8 Å². The van der Waals surface area contributed by atoms with Crippen molar-refractivity contribution in [2.75, 3.05) is 32.2 Å². The van der Waals surface area contributed by atoms with Gasteiger partial charge in [0.1, 0.15) is 11.1 Å². The highest BCUT2D eigenvalue weighted by molar-refractivity contribution is 7.17. The van der Waals surface area contributed by atoms with E-state index in [0.29, 0.717) is 27.6 Å². The largest absolute Gasteiger partial charge is 0.493 e. The smallest absolute Gasteiger partial charge is 0.341 e. The fourth-order valence-corrected chi connectivity index (χ4v) is 4.90. The fourth-order valence-electron chi connectivity index (χ4n) is 3.60. The first-order valence-electron chi connectivity index (χ1n) is 11.1. The molecule has 1 N–H and O–H groups in total. The predicted octanol–water partition coefficient (Wildman–Crippen LogP) is 3.91. The highest BCUT2D eigenvalue weighted by Gasteiger charge is 2.27. The monoisotopic (exact) mass is 498 g/mol. The van der Waals surface area contributed by atoms with Gasteiger partial charge in [0.25, 0.3) is 5.91 Å². The van der Waals surface area contributed by atoms with Crippen LogP contribution >= 0.6 is 11.3 Å². The first kappa shape index (κ1) is 25.8. The van der Waals surface area contributed by atoms with E-state index in [9.17, 15) is 14.4 Å². The zero-order chi connectivity index (χ0) is 25.2. The average Bonchev–Trinajstić information content (AvgIpc) is 3.23. The van der Waals surface area contributed by atoms with Crippen LogP contribution in [-0.2, 0) is 31.9 Å². The van der Waals surface area contributed by atoms with Crippen LogP contribution < -0.4 is 14.8 Å². The molecule has 1 amide bonds. The number of hydrogen-bond donors (Lipinski definition) is 1. The van der Waals surface area contributed by atoms with Crippen molar-refractivity contribution in [2.24, 2.45) is 0 Å². The number of benzene rings is 1. The Hall–Kier alpha value is -3.84. The summed E-state index contributed by atoms with van der Waals surface area (Å²) in [7, 11) is 1.46. The Bertz CT molecular complexity index is 1160. The lowest BCUT2D eigenvalue weighted by atomic mass is 9.95. The van der Waals surface area contributed by atoms with Crippen molar-refractivity contribution < 1.29 is 33.3 Å². The number of nitrogens with one attached hydrogen (secondary N) is 1. The second-order valence-electron chi connectivity index (χ2n) is 7.48. The van der Waals surface area contributed by atoms with Gasteiger partial charge < -0.3 is 24.3 Å². The molecule has 0 atom stereocenters. The number of methoxy groups -OCH3 is 1. The minimum Gasteiger partial charge on any atom is -0.493 e. The van der Waals surface area contributed by atoms with Gasteiger partial charge in [-0.3, -0.25) is 4.79 Å². The first-order chi connectivity index (χ1) is 17.0. The van der Waals surface area contributed by atoms with Crippen molar-refractivity contribution in [3.63, 3.8) is 0 Å². The lowest BCUT2D eigenvalue weighted by Gasteiger charge is -2.12. The van der Waals surface area contributed by atoms with Crippen LogP contribution in [0.5, 0.6) is 11.5 Å². The Balaban J connectivity index is 1.59. The number of amides is 1. The van der Waals surface area contributed by atoms with Crippen LogP contribution in [0, 0.1) is 11.3 Å². The molecule has 0 saturated carbocycles. The summed E-state index contributed by atoms with van der Waals surface area (Å²) in [6.07, 6.45) is 6.34. The number of anilines is 1. The van der Waals surface area contributed by atoms with Gasteiger partial charge in [0, 0.05) is 11.0 Å². The number of fused-ring (bicyclic) bond motifs is 1. The second-order valence-corrected chi connectivity index (χ2v) is 8.59. The summed E-state index contributed by atoms with van der Waals surface area (Å²) in [6, 6.07) is 6.82. The molecule has 10 heteroatoms. The van der Waals surface area contributed by atoms with E-state index in [1.165, 1.54) is 30.6 Å². The fraction of sp³-hybridized carbons (Fsp3) is 0.360. The van der Waals surface area contributed by atoms with Crippen molar-refractivity contribution in [3.8, 4) is 17.6 Å². The van der Waals surface area contributed by atoms with E-state index < -0.39 is 24.5 Å². The molecule has 1 aromatic carbocycles. The van der Waals surface area contributed by atoms with Gasteiger partial charge in [-0.2, -0.15) is 5.26 Å². The van der Waals surface area contributed by atoms with Gasteiger partial charge in [-0.1, -0.05) is 6.07 Å². The molecular weight excluding hydrogens is 472 g/mol. The molecular formula is C25H26N2O7S. The van der Waals surface area contributed by atoms with Crippen LogP contribution in [0.15, 0.2) is 24.3 Å². The molecule has 1 aromatic heterocycles. The molecule has 1 heterocycles. The zero-order valence-electron chi connectivity index (χ0n) is 19.5. The van der Waals surface area contributed by atoms with Gasteiger partial charge in [0.15, 0.2) is 24.7 Å². The summed E-state index contributed by atoms with van der Waals surface area (Å²) in [5.41, 5.74) is 1.98. The van der Waals surface area contributed by atoms with E-state index in [1.807, 2.05) is 6.07 Å². The summed E-state index contributed by atoms with van der Waals surface area (Å²) in [4.78, 5) is 38.1. The number of esters is 2. The van der Waals surface area contributed by atoms with Gasteiger partial charge in [-0.15, -0.1) is 11.3 Å². The summed E-state index contributed by atoms with van der Waals surface area (Å²) in [5, 5.41) is 11.8. The van der Waals surface area contributed by atoms with Crippen LogP contribution in [0.1, 0.15) is 46.1 Å². The summed E-state index contributed by atoms with van der Waals surface area (Å²) in [5.74, 6) is -0.896. The molecule has 0 spiro atoms. The maximum absolute atomic E-state index is 12.5. The number of hydrogen-bond acceptors (Lipinski definition) is 9. The number of nitriles is 1. The predicted molar refractivity (Wildman–Crippen MR) is 130 cm³/mol. The summed E-state index contributed by atoms with van der Waals surface area (Å²) < 4.78 is 20.7. The quantitative estimate of drug-likeness (QED) is 0.386. The highest BCUT2D eigenvalue weighted by atomic mass is 32.1. The molecule has 0 unspecified atom stereocenters. The SMILES string of the molecule is CCOC(=O)c1c(NC(=O)COC(=O)/C=C/c2ccc(OCC#N)c(OC)c2)sc2c1CCCC2. The molecule has 1 aliphatic carbocycles. The molecule has 0 fully saturated rings. The lowest BCUT2D eigenvalue weighted by Crippen LogP contribution is -2.21. The number of aryl methyl sites for hydroxylation is 1. The van der Waals surface area contributed by atoms with Gasteiger partial charge in [0.05, 0.1) is 19.3 Å². The number of thiophene rings is 1. The first-order valence-corrected chi connectivity index (χ1v) is 11.9. The molecule has 0 saturated heterocycles. The Kier molecular flexibility index (Phi) is 9.26. The van der Waals surface area contributed by atoms with Crippen LogP contribution in [0.2, 0.25) is 0 Å². The number of nitrogens with zero attached hydrogens (tertiary/aromatic N) is 1. The molecule has 0 radical (unpaired) electrons. The molecule has 0 aliphatic heterocycles. The van der Waals surface area contributed by atoms with Gasteiger partial charge in [-0.25, -0.2) is 9.59 Å². The molecule has 3 rings (SSSR count). The third kappa shape index (κ3) is 6.83. The van der Waals surface area contributed by atoms with E-state index >= 15 is 0 Å². The van der Waals surface area contributed by atoms with E-state index in [-0.39, 0.29) is 13.2 Å². The number of rotatable bonds is 10. The van der Waals surface area contributed by atoms with Gasteiger partial charge >= 0.3 is 11.9 Å². The minimum atomic E-state index is -0.708. The normalized spacial score (nSPS) is 12.4. The van der Waals surface area contributed by atoms with Crippen molar-refractivity contribution >= 4 is 40.3 Å². The van der Waals surface area contributed by atoms with Crippen molar-refractivity contribution in [3.05, 3.63) is 45.8 Å². The minimum absolute atomic E-state index is 0.116. The number of carbonyl (C=O) groups is 3. The number of carbonyl (C=O) groups excluding carboxylic acids is 3. The van der Waals surface area contributed by atoms with E-state index in [1.54, 1.807) is 25.1 Å². The Morgan fingerprint density at radius 1 is 1.17 bits per heavy atom. The van der Waals surface area contributed by atoms with E-state index in [4.69, 9.17) is 24.2 Å². The second kappa shape index (κ2) is 12.6. The molecule has 1 aliphatic rings. The maximum Gasteiger partial charge on any atom is 0.341 e. The topological polar surface area (TPSA) is 124 Å². The van der Waals surface area contributed by atoms with Crippen molar-refractivity contribution in [1.29, 1.82) is 5.26 Å². The molecule has 184 valence electrons. The third-order valence-electron chi connectivity index (χ3n) is 5.14. The standard InChI is InChI=1S/C25H26N2O7S/c1-3-32-25(30)23-17-6-4-5-7-20(17)35-24(23)27-21(28)15-34-22(29)11-9-16-8-10-18(33-13-12-26)19(14-16)31-2/h8-11,14H,3-7,13,15H2,1-2H3,(H,27,28)/b11-9+. The Morgan fingerprint density at radius 2 is 1.97 bits per heavy atom. The Labute approximate surface area is 207 Å². The maximum atomic E-state index is 12.5. The summed E-state index contributed by atoms with van der Waals surface area (Å²) >= 11 is 1.37. The van der Waals surface area contributed by atoms with Crippen LogP contribution in [0.25, 0.3) is 6.08 Å². The van der Waals surface area contributed by atoms with Gasteiger partial charge in [0.2, 0.25) is 0 Å². The van der Waals surface area contributed by atoms with E-state index in [2.05, 4.69) is 5.32 Å². The molecule has 9 nitrogen and oxygen atoms in total. The summed E-state index contributed by atoms with van der Waals surface area (Å²) in [6.45, 7) is 1.35. The van der Waals surface area contributed by atoms with Gasteiger partial charge in [-0.05, 0) is 61.9 Å². The third-order valence-corrected chi connectivity index (χ3v) is 6.35. The van der Waals surface area contributed by atoms with Crippen molar-refractivity contribution in [1.82, 2.24) is 0 Å². The molecule has 0 bridgehead atoms. The Morgan fingerprint density at radius 3 is 2.71 bits per heavy atom. The highest BCUT2D eigenvalue weighted by Crippen LogP contribution is 2.38. The lowest BCUT2D eigenvalue weighted by molar-refractivity contribution is -0.142. The van der Waals surface area contributed by atoms with Crippen molar-refractivity contribution in [2.45, 2.75) is 32.6 Å². The van der Waals surface area contributed by atoms with E-state index in [0.717, 1.165) is 36.1 Å². The average molecular weight is 499 g/mol. The van der Waals surface area contributed by atoms with Crippen LogP contribution in [0.3, 0.4) is 0 Å². The molecule has 35 heavy (non-hydrogen) atoms.